The van der Waals surface area contributed by atoms with Gasteiger partial charge in [-0.1, -0.05) is 281 Å². The number of hydrogen-bond acceptors (Lipinski definition) is 15. The van der Waals surface area contributed by atoms with E-state index in [2.05, 4.69) is 174 Å². The standard InChI is InChI=1S/C89H146O17P2/c1-5-9-13-17-21-25-29-33-37-40-41-44-48-52-56-60-64-68-72-76-89(94)106-84(79-99-86(91)73-69-65-61-57-53-49-45-36-32-28-24-20-16-12-8-4)81-103-107(95,96)101-77-83(90)78-102-108(97,98)104-82-85(105-88(93)75-71-67-63-59-55-51-47-43-39-35-31-27-23-19-15-11-7-3)80-100-87(92)74-70-66-62-58-54-50-46-42-38-34-30-26-22-18-14-10-6-2/h9,13,21-23,25-27,33-39,41,44-47,50-52,56,58-59,62-63,83-85,90H,5-8,10-12,14-20,24,28-32,40,42-43,48-49,53-55,57,60-61,64-82H2,1-4H3,(H,95,96)(H,97,98)/b13-9-,25-21-,26-22-,27-23-,37-33-,38-34-,39-35-,44-41-,45-36-,50-46-,51-47-,56-52-,62-58-,63-59-/t83-,84+,85+/m0/s1. The maximum Gasteiger partial charge on any atom is 0.472 e. The van der Waals surface area contributed by atoms with E-state index in [1.54, 1.807) is 0 Å². The van der Waals surface area contributed by atoms with Crippen molar-refractivity contribution in [3.63, 3.8) is 0 Å². The van der Waals surface area contributed by atoms with Gasteiger partial charge in [0.1, 0.15) is 19.3 Å². The smallest absolute Gasteiger partial charge is 0.462 e. The molecule has 0 amide bonds. The van der Waals surface area contributed by atoms with Crippen LogP contribution in [0.5, 0.6) is 0 Å². The summed E-state index contributed by atoms with van der Waals surface area (Å²) in [6.07, 6.45) is 94.8. The molecule has 2 unspecified atom stereocenters. The van der Waals surface area contributed by atoms with Crippen molar-refractivity contribution >= 4 is 39.5 Å². The van der Waals surface area contributed by atoms with Gasteiger partial charge < -0.3 is 33.8 Å². The van der Waals surface area contributed by atoms with Gasteiger partial charge in [-0.15, -0.1) is 0 Å². The monoisotopic (exact) mass is 1550 g/mol. The normalized spacial score (nSPS) is 14.7. The Hall–Kier alpha value is -5.58. The van der Waals surface area contributed by atoms with Gasteiger partial charge in [-0.2, -0.15) is 0 Å². The van der Waals surface area contributed by atoms with E-state index in [1.165, 1.54) is 77.0 Å². The molecule has 0 spiro atoms. The molecule has 5 atom stereocenters. The van der Waals surface area contributed by atoms with E-state index in [1.807, 2.05) is 24.3 Å². The van der Waals surface area contributed by atoms with Crippen LogP contribution in [0, 0.1) is 0 Å². The van der Waals surface area contributed by atoms with E-state index in [0.29, 0.717) is 38.5 Å². The lowest BCUT2D eigenvalue weighted by molar-refractivity contribution is -0.161. The predicted octanol–water partition coefficient (Wildman–Crippen LogP) is 24.6. The number of unbranched alkanes of at least 4 members (excludes halogenated alkanes) is 22. The zero-order chi connectivity index (χ0) is 78.9. The number of ether oxygens (including phenoxy) is 4. The van der Waals surface area contributed by atoms with Crippen molar-refractivity contribution in [2.24, 2.45) is 0 Å². The van der Waals surface area contributed by atoms with E-state index in [0.717, 1.165) is 141 Å². The Morgan fingerprint density at radius 2 is 0.491 bits per heavy atom. The Bertz CT molecular complexity index is 2710. The Balaban J connectivity index is 5.53. The quantitative estimate of drug-likeness (QED) is 0.0169. The summed E-state index contributed by atoms with van der Waals surface area (Å²) in [6.45, 7) is 4.52. The largest absolute Gasteiger partial charge is 0.472 e. The highest BCUT2D eigenvalue weighted by Gasteiger charge is 2.30. The summed E-state index contributed by atoms with van der Waals surface area (Å²) in [6, 6.07) is 0. The number of rotatable bonds is 76. The number of carbonyl (C=O) groups excluding carboxylic acids is 4. The van der Waals surface area contributed by atoms with Gasteiger partial charge in [0.25, 0.3) is 0 Å². The van der Waals surface area contributed by atoms with E-state index < -0.39 is 97.5 Å². The summed E-state index contributed by atoms with van der Waals surface area (Å²) in [4.78, 5) is 73.1. The summed E-state index contributed by atoms with van der Waals surface area (Å²) in [5.41, 5.74) is 0. The van der Waals surface area contributed by atoms with Crippen LogP contribution in [0.1, 0.15) is 310 Å². The van der Waals surface area contributed by atoms with Gasteiger partial charge >= 0.3 is 39.5 Å². The molecule has 614 valence electrons. The Labute approximate surface area is 654 Å². The van der Waals surface area contributed by atoms with Gasteiger partial charge in [0.05, 0.1) is 26.4 Å². The number of esters is 4. The molecule has 3 N–H and O–H groups in total. The first-order valence-corrected chi connectivity index (χ1v) is 44.4. The fraction of sp³-hybridized carbons (Fsp3) is 0.640. The minimum absolute atomic E-state index is 0.000891. The second-order valence-electron chi connectivity index (χ2n) is 27.0. The first-order chi connectivity index (χ1) is 52.7. The fourth-order valence-electron chi connectivity index (χ4n) is 10.3. The van der Waals surface area contributed by atoms with E-state index in [-0.39, 0.29) is 25.7 Å². The van der Waals surface area contributed by atoms with Crippen molar-refractivity contribution < 1.29 is 80.2 Å². The topological polar surface area (TPSA) is 237 Å². The molecule has 0 aliphatic heterocycles. The number of allylic oxidation sites excluding steroid dienone is 28. The van der Waals surface area contributed by atoms with Gasteiger partial charge in [-0.05, 0) is 173 Å². The summed E-state index contributed by atoms with van der Waals surface area (Å²) < 4.78 is 68.6. The van der Waals surface area contributed by atoms with Crippen LogP contribution in [-0.2, 0) is 65.4 Å². The second kappa shape index (κ2) is 79.5. The molecule has 0 saturated heterocycles. The first-order valence-electron chi connectivity index (χ1n) is 41.4. The molecule has 17 nitrogen and oxygen atoms in total. The van der Waals surface area contributed by atoms with Crippen molar-refractivity contribution in [2.75, 3.05) is 39.6 Å². The third-order valence-electron chi connectivity index (χ3n) is 16.6. The van der Waals surface area contributed by atoms with E-state index in [9.17, 15) is 43.2 Å². The fourth-order valence-corrected chi connectivity index (χ4v) is 11.9. The lowest BCUT2D eigenvalue weighted by atomic mass is 10.1. The average molecular weight is 1550 g/mol. The summed E-state index contributed by atoms with van der Waals surface area (Å²) >= 11 is 0. The molecule has 0 radical (unpaired) electrons. The van der Waals surface area contributed by atoms with Crippen LogP contribution in [0.25, 0.3) is 0 Å². The Morgan fingerprint density at radius 3 is 0.824 bits per heavy atom. The molecule has 0 aromatic heterocycles. The minimum atomic E-state index is -5.02. The molecule has 0 fully saturated rings. The van der Waals surface area contributed by atoms with Crippen LogP contribution in [0.15, 0.2) is 170 Å². The SMILES string of the molecule is CC/C=C\C/C=C\C/C=C\C/C=C\C/C=C\CCCCCC(=O)O[C@H](COC(=O)CCCCCCC/C=C\CCCCCCCC)COP(=O)(O)OC[C@H](O)COP(=O)(O)OC[C@@H](COC(=O)CCC/C=C\C/C=C\C/C=C\C/C=C\CCCCC)OC(=O)CCC/C=C\C/C=C\C/C=C\C/C=C\CCCCC. The molecular formula is C89H146O17P2. The zero-order valence-corrected chi connectivity index (χ0v) is 69.0. The van der Waals surface area contributed by atoms with Crippen molar-refractivity contribution in [1.29, 1.82) is 0 Å². The van der Waals surface area contributed by atoms with Gasteiger partial charge in [-0.3, -0.25) is 37.3 Å². The van der Waals surface area contributed by atoms with Crippen LogP contribution in [0.3, 0.4) is 0 Å². The lowest BCUT2D eigenvalue weighted by Gasteiger charge is -2.21. The number of phosphoric ester groups is 2. The highest BCUT2D eigenvalue weighted by molar-refractivity contribution is 7.47. The Morgan fingerprint density at radius 1 is 0.269 bits per heavy atom. The second-order valence-corrected chi connectivity index (χ2v) is 29.9. The third-order valence-corrected chi connectivity index (χ3v) is 18.5. The molecule has 0 bridgehead atoms. The van der Waals surface area contributed by atoms with Crippen LogP contribution in [-0.4, -0.2) is 96.7 Å². The van der Waals surface area contributed by atoms with Gasteiger partial charge in [0.15, 0.2) is 12.2 Å². The zero-order valence-electron chi connectivity index (χ0n) is 67.2. The van der Waals surface area contributed by atoms with Crippen LogP contribution in [0.2, 0.25) is 0 Å². The van der Waals surface area contributed by atoms with Gasteiger partial charge in [-0.25, -0.2) is 9.13 Å². The molecule has 0 aliphatic rings. The minimum Gasteiger partial charge on any atom is -0.462 e. The molecule has 0 aliphatic carbocycles. The molecule has 0 rings (SSSR count). The van der Waals surface area contributed by atoms with Gasteiger partial charge in [0, 0.05) is 25.7 Å². The maximum atomic E-state index is 13.1. The number of hydrogen-bond donors (Lipinski definition) is 3. The summed E-state index contributed by atoms with van der Waals surface area (Å²) in [7, 11) is -10.0. The van der Waals surface area contributed by atoms with Crippen molar-refractivity contribution in [3.8, 4) is 0 Å². The number of phosphoric acid groups is 2. The van der Waals surface area contributed by atoms with Crippen LogP contribution >= 0.6 is 15.6 Å². The highest BCUT2D eigenvalue weighted by atomic mass is 31.2. The van der Waals surface area contributed by atoms with Crippen molar-refractivity contribution in [2.45, 2.75) is 329 Å². The van der Waals surface area contributed by atoms with Crippen LogP contribution < -0.4 is 0 Å². The predicted molar refractivity (Wildman–Crippen MR) is 445 cm³/mol. The summed E-state index contributed by atoms with van der Waals surface area (Å²) in [5.74, 6) is -2.36. The Kier molecular flexibility index (Phi) is 75.4. The van der Waals surface area contributed by atoms with Crippen LogP contribution in [0.4, 0.5) is 0 Å². The lowest BCUT2D eigenvalue weighted by Crippen LogP contribution is -2.30. The van der Waals surface area contributed by atoms with Crippen molar-refractivity contribution in [3.05, 3.63) is 170 Å². The highest BCUT2D eigenvalue weighted by Crippen LogP contribution is 2.45. The molecule has 0 aromatic carbocycles. The molecular weight excluding hydrogens is 1400 g/mol. The molecule has 0 heterocycles. The van der Waals surface area contributed by atoms with E-state index in [4.69, 9.17) is 37.0 Å². The molecule has 0 aromatic rings. The summed E-state index contributed by atoms with van der Waals surface area (Å²) in [5, 5.41) is 10.7. The molecule has 0 saturated carbocycles. The number of aliphatic hydroxyl groups is 1. The molecule has 108 heavy (non-hydrogen) atoms. The van der Waals surface area contributed by atoms with E-state index >= 15 is 0 Å². The molecule has 19 heteroatoms. The van der Waals surface area contributed by atoms with Gasteiger partial charge in [0.2, 0.25) is 0 Å². The number of aliphatic hydroxyl groups excluding tert-OH is 1. The third kappa shape index (κ3) is 78.5. The average Bonchev–Trinajstić information content (AvgIpc) is 0.907. The maximum absolute atomic E-state index is 13.1. The van der Waals surface area contributed by atoms with Crippen molar-refractivity contribution in [1.82, 2.24) is 0 Å². The first kappa shape index (κ1) is 102. The number of carbonyl (C=O) groups is 4.